The van der Waals surface area contributed by atoms with E-state index in [9.17, 15) is 4.79 Å². The van der Waals surface area contributed by atoms with Crippen molar-refractivity contribution in [1.82, 2.24) is 10.0 Å². The largest absolute Gasteiger partial charge is 0.272 e. The molecule has 0 saturated carbocycles. The molecule has 1 radical (unpaired) electrons. The van der Waals surface area contributed by atoms with Crippen molar-refractivity contribution < 1.29 is 9.63 Å². The Morgan fingerprint density at radius 2 is 2.43 bits per heavy atom. The van der Waals surface area contributed by atoms with Gasteiger partial charge >= 0.3 is 0 Å². The third-order valence-corrected chi connectivity index (χ3v) is 2.07. The first-order chi connectivity index (χ1) is 6.75. The normalized spacial score (nSPS) is 16.4. The van der Waals surface area contributed by atoms with Crippen LogP contribution in [0.15, 0.2) is 18.3 Å². The van der Waals surface area contributed by atoms with Crippen molar-refractivity contribution in [2.75, 3.05) is 6.61 Å². The second-order valence-electron chi connectivity index (χ2n) is 2.86. The Morgan fingerprint density at radius 1 is 1.57 bits per heavy atom. The SMILES string of the molecule is O=C1[CH]CON1Cc1ccc(Cl)nc1. The lowest BCUT2D eigenvalue weighted by molar-refractivity contribution is -0.164. The molecule has 1 amide bonds. The molecule has 2 rings (SSSR count). The molecule has 5 heteroatoms. The Labute approximate surface area is 86.4 Å². The molecule has 2 heterocycles. The molecule has 1 aromatic rings. The maximum atomic E-state index is 11.1. The third-order valence-electron chi connectivity index (χ3n) is 1.85. The lowest BCUT2D eigenvalue weighted by Gasteiger charge is -2.13. The van der Waals surface area contributed by atoms with E-state index in [1.165, 1.54) is 11.5 Å². The fraction of sp³-hybridized carbons (Fsp3) is 0.222. The van der Waals surface area contributed by atoms with Gasteiger partial charge in [0.1, 0.15) is 5.15 Å². The number of carbonyl (C=O) groups is 1. The molecular weight excluding hydrogens is 204 g/mol. The predicted molar refractivity (Wildman–Crippen MR) is 50.0 cm³/mol. The first-order valence-electron chi connectivity index (χ1n) is 4.14. The molecule has 1 aliphatic heterocycles. The summed E-state index contributed by atoms with van der Waals surface area (Å²) < 4.78 is 0. The van der Waals surface area contributed by atoms with Crippen LogP contribution in [0.1, 0.15) is 5.56 Å². The number of carbonyl (C=O) groups excluding carboxylic acids is 1. The molecule has 73 valence electrons. The highest BCUT2D eigenvalue weighted by Gasteiger charge is 2.21. The topological polar surface area (TPSA) is 42.4 Å². The van der Waals surface area contributed by atoms with Crippen molar-refractivity contribution in [2.45, 2.75) is 6.54 Å². The van der Waals surface area contributed by atoms with Gasteiger partial charge in [-0.3, -0.25) is 9.63 Å². The van der Waals surface area contributed by atoms with E-state index in [1.807, 2.05) is 6.07 Å². The molecule has 14 heavy (non-hydrogen) atoms. The van der Waals surface area contributed by atoms with Crippen LogP contribution < -0.4 is 0 Å². The van der Waals surface area contributed by atoms with Crippen molar-refractivity contribution in [2.24, 2.45) is 0 Å². The van der Waals surface area contributed by atoms with Crippen molar-refractivity contribution in [1.29, 1.82) is 0 Å². The Bertz CT molecular complexity index is 339. The van der Waals surface area contributed by atoms with Crippen LogP contribution in [-0.4, -0.2) is 22.6 Å². The zero-order chi connectivity index (χ0) is 9.97. The molecule has 1 fully saturated rings. The molecule has 0 unspecified atom stereocenters. The predicted octanol–water partition coefficient (Wildman–Crippen LogP) is 1.21. The molecule has 0 aromatic carbocycles. The summed E-state index contributed by atoms with van der Waals surface area (Å²) in [5, 5.41) is 1.74. The van der Waals surface area contributed by atoms with E-state index in [4.69, 9.17) is 16.4 Å². The van der Waals surface area contributed by atoms with Gasteiger partial charge in [-0.2, -0.15) is 0 Å². The molecular formula is C9H8ClN2O2. The summed E-state index contributed by atoms with van der Waals surface area (Å²) >= 11 is 5.63. The number of pyridine rings is 1. The minimum absolute atomic E-state index is 0.111. The van der Waals surface area contributed by atoms with Gasteiger partial charge in [0.05, 0.1) is 19.6 Å². The van der Waals surface area contributed by atoms with E-state index in [-0.39, 0.29) is 5.91 Å². The quantitative estimate of drug-likeness (QED) is 0.691. The second kappa shape index (κ2) is 3.94. The fourth-order valence-corrected chi connectivity index (χ4v) is 1.27. The number of rotatable bonds is 2. The minimum atomic E-state index is -0.111. The molecule has 1 saturated heterocycles. The zero-order valence-corrected chi connectivity index (χ0v) is 8.07. The Hall–Kier alpha value is -1.13. The average Bonchev–Trinajstić information content (AvgIpc) is 2.56. The highest BCUT2D eigenvalue weighted by atomic mass is 35.5. The number of hydrogen-bond donors (Lipinski definition) is 0. The Balaban J connectivity index is 2.03. The van der Waals surface area contributed by atoms with Crippen LogP contribution in [0.2, 0.25) is 5.15 Å². The molecule has 0 spiro atoms. The van der Waals surface area contributed by atoms with E-state index < -0.39 is 0 Å². The lowest BCUT2D eigenvalue weighted by Crippen LogP contribution is -2.22. The van der Waals surface area contributed by atoms with E-state index in [0.717, 1.165) is 5.56 Å². The number of aromatic nitrogens is 1. The van der Waals surface area contributed by atoms with Crippen LogP contribution in [0.5, 0.6) is 0 Å². The first-order valence-corrected chi connectivity index (χ1v) is 4.51. The molecule has 0 N–H and O–H groups in total. The summed E-state index contributed by atoms with van der Waals surface area (Å²) in [4.78, 5) is 20.1. The number of hydroxylamine groups is 2. The van der Waals surface area contributed by atoms with Crippen molar-refractivity contribution in [3.63, 3.8) is 0 Å². The molecule has 4 nitrogen and oxygen atoms in total. The summed E-state index contributed by atoms with van der Waals surface area (Å²) in [5.41, 5.74) is 0.887. The monoisotopic (exact) mass is 211 g/mol. The van der Waals surface area contributed by atoms with Crippen LogP contribution in [0.3, 0.4) is 0 Å². The number of amides is 1. The van der Waals surface area contributed by atoms with Crippen LogP contribution in [-0.2, 0) is 16.2 Å². The van der Waals surface area contributed by atoms with Gasteiger partial charge in [0.15, 0.2) is 0 Å². The maximum Gasteiger partial charge on any atom is 0.252 e. The summed E-state index contributed by atoms with van der Waals surface area (Å²) in [6.07, 6.45) is 3.11. The van der Waals surface area contributed by atoms with Gasteiger partial charge in [0.2, 0.25) is 0 Å². The van der Waals surface area contributed by atoms with Gasteiger partial charge in [-0.1, -0.05) is 17.7 Å². The van der Waals surface area contributed by atoms with E-state index in [2.05, 4.69) is 4.98 Å². The lowest BCUT2D eigenvalue weighted by atomic mass is 10.3. The van der Waals surface area contributed by atoms with Crippen LogP contribution >= 0.6 is 11.6 Å². The van der Waals surface area contributed by atoms with Gasteiger partial charge in [-0.15, -0.1) is 0 Å². The number of nitrogens with zero attached hydrogens (tertiary/aromatic N) is 2. The van der Waals surface area contributed by atoms with E-state index in [1.54, 1.807) is 12.3 Å². The van der Waals surface area contributed by atoms with Gasteiger partial charge in [0.25, 0.3) is 5.91 Å². The molecule has 1 aromatic heterocycles. The zero-order valence-electron chi connectivity index (χ0n) is 7.31. The van der Waals surface area contributed by atoms with Gasteiger partial charge in [-0.25, -0.2) is 10.0 Å². The van der Waals surface area contributed by atoms with Crippen molar-refractivity contribution in [3.05, 3.63) is 35.5 Å². The van der Waals surface area contributed by atoms with Crippen LogP contribution in [0, 0.1) is 6.42 Å². The maximum absolute atomic E-state index is 11.1. The molecule has 1 aliphatic rings. The first kappa shape index (κ1) is 9.43. The summed E-state index contributed by atoms with van der Waals surface area (Å²) in [6.45, 7) is 0.749. The summed E-state index contributed by atoms with van der Waals surface area (Å²) in [5.74, 6) is -0.111. The number of hydrogen-bond acceptors (Lipinski definition) is 3. The minimum Gasteiger partial charge on any atom is -0.272 e. The van der Waals surface area contributed by atoms with Gasteiger partial charge in [-0.05, 0) is 11.6 Å². The summed E-state index contributed by atoms with van der Waals surface area (Å²) in [7, 11) is 0. The standard InChI is InChI=1S/C9H8ClN2O2/c10-8-2-1-7(5-11-8)6-12-9(13)3-4-14-12/h1-3,5H,4,6H2. The fourth-order valence-electron chi connectivity index (χ4n) is 1.15. The Morgan fingerprint density at radius 3 is 3.00 bits per heavy atom. The summed E-state index contributed by atoms with van der Waals surface area (Å²) in [6, 6.07) is 3.49. The van der Waals surface area contributed by atoms with E-state index >= 15 is 0 Å². The molecule has 0 bridgehead atoms. The van der Waals surface area contributed by atoms with Gasteiger partial charge < -0.3 is 0 Å². The smallest absolute Gasteiger partial charge is 0.252 e. The highest BCUT2D eigenvalue weighted by Crippen LogP contribution is 2.12. The van der Waals surface area contributed by atoms with Crippen molar-refractivity contribution in [3.8, 4) is 0 Å². The van der Waals surface area contributed by atoms with Crippen molar-refractivity contribution >= 4 is 17.5 Å². The van der Waals surface area contributed by atoms with Crippen LogP contribution in [0.25, 0.3) is 0 Å². The third kappa shape index (κ3) is 2.02. The molecule has 0 aliphatic carbocycles. The van der Waals surface area contributed by atoms with Crippen LogP contribution in [0.4, 0.5) is 0 Å². The van der Waals surface area contributed by atoms with Gasteiger partial charge in [0, 0.05) is 6.20 Å². The molecule has 0 atom stereocenters. The highest BCUT2D eigenvalue weighted by molar-refractivity contribution is 6.29. The second-order valence-corrected chi connectivity index (χ2v) is 3.25. The average molecular weight is 212 g/mol. The number of halogens is 1. The Kier molecular flexibility index (Phi) is 2.65. The van der Waals surface area contributed by atoms with E-state index in [0.29, 0.717) is 18.3 Å².